The van der Waals surface area contributed by atoms with E-state index in [0.717, 1.165) is 11.3 Å². The molecule has 0 fully saturated rings. The maximum absolute atomic E-state index is 7.04. The van der Waals surface area contributed by atoms with Gasteiger partial charge < -0.3 is 9.47 Å². The molecule has 1 aromatic heterocycles. The zero-order valence-electron chi connectivity index (χ0n) is 8.17. The lowest BCUT2D eigenvalue weighted by atomic mass is 10.2. The second-order valence-electron chi connectivity index (χ2n) is 3.25. The lowest BCUT2D eigenvalue weighted by molar-refractivity contribution is -0.909. The van der Waals surface area contributed by atoms with Gasteiger partial charge in [0.2, 0.25) is 6.79 Å². The fraction of sp³-hybridized carbons (Fsp3) is 0.222. The van der Waals surface area contributed by atoms with Crippen molar-refractivity contribution in [1.82, 2.24) is 5.27 Å². The predicted molar refractivity (Wildman–Crippen MR) is 46.5 cm³/mol. The van der Waals surface area contributed by atoms with Gasteiger partial charge in [-0.25, -0.2) is 9.93 Å². The molecule has 7 heteroatoms. The standard InChI is InChI=1S/C9H8N3O4/c10-9-15-11-12(16-9)4-6-1-2-7-8(3-6)14-5-13-7/h1-3,10H,4-5H2/q+1. The highest BCUT2D eigenvalue weighted by molar-refractivity contribution is 5.44. The Labute approximate surface area is 89.2 Å². The van der Waals surface area contributed by atoms with E-state index in [0.29, 0.717) is 12.3 Å². The van der Waals surface area contributed by atoms with Crippen molar-refractivity contribution in [1.29, 1.82) is 5.41 Å². The third-order valence-corrected chi connectivity index (χ3v) is 2.16. The van der Waals surface area contributed by atoms with E-state index in [1.165, 1.54) is 4.85 Å². The van der Waals surface area contributed by atoms with Gasteiger partial charge in [0.25, 0.3) is 11.8 Å². The van der Waals surface area contributed by atoms with Gasteiger partial charge in [-0.2, -0.15) is 0 Å². The van der Waals surface area contributed by atoms with Gasteiger partial charge in [-0.1, -0.05) is 0 Å². The minimum atomic E-state index is -0.333. The molecule has 2 aromatic rings. The van der Waals surface area contributed by atoms with E-state index in [1.54, 1.807) is 0 Å². The average Bonchev–Trinajstić information content (AvgIpc) is 2.87. The summed E-state index contributed by atoms with van der Waals surface area (Å²) in [5.74, 6) is 1.10. The normalized spacial score (nSPS) is 13.0. The van der Waals surface area contributed by atoms with Crippen molar-refractivity contribution in [3.05, 3.63) is 29.5 Å². The molecule has 1 aromatic carbocycles. The van der Waals surface area contributed by atoms with E-state index >= 15 is 0 Å². The molecule has 0 aliphatic carbocycles. The summed E-state index contributed by atoms with van der Waals surface area (Å²) < 4.78 is 19.8. The van der Waals surface area contributed by atoms with Crippen LogP contribution in [-0.4, -0.2) is 12.1 Å². The number of aromatic nitrogens is 2. The van der Waals surface area contributed by atoms with Gasteiger partial charge in [0, 0.05) is 5.56 Å². The third-order valence-electron chi connectivity index (χ3n) is 2.16. The fourth-order valence-corrected chi connectivity index (χ4v) is 1.47. The number of benzene rings is 1. The van der Waals surface area contributed by atoms with E-state index in [9.17, 15) is 0 Å². The molecule has 2 heterocycles. The van der Waals surface area contributed by atoms with Crippen LogP contribution in [0.25, 0.3) is 0 Å². The van der Waals surface area contributed by atoms with Crippen LogP contribution in [0.1, 0.15) is 5.56 Å². The number of rotatable bonds is 2. The first-order valence-electron chi connectivity index (χ1n) is 4.62. The molecule has 0 bridgehead atoms. The van der Waals surface area contributed by atoms with Gasteiger partial charge in [-0.3, -0.25) is 0 Å². The molecule has 0 saturated heterocycles. The molecule has 0 unspecified atom stereocenters. The fourth-order valence-electron chi connectivity index (χ4n) is 1.47. The number of nitrogens with zero attached hydrogens (tertiary/aromatic N) is 2. The molecule has 1 N–H and O–H groups in total. The van der Waals surface area contributed by atoms with Crippen molar-refractivity contribution in [3.8, 4) is 11.5 Å². The van der Waals surface area contributed by atoms with Crippen LogP contribution in [0.15, 0.2) is 27.2 Å². The van der Waals surface area contributed by atoms with Gasteiger partial charge in [0.15, 0.2) is 11.5 Å². The van der Waals surface area contributed by atoms with E-state index in [1.807, 2.05) is 18.2 Å². The molecule has 1 aliphatic heterocycles. The van der Waals surface area contributed by atoms with Crippen molar-refractivity contribution in [2.24, 2.45) is 0 Å². The largest absolute Gasteiger partial charge is 0.485 e. The quantitative estimate of drug-likeness (QED) is 0.712. The van der Waals surface area contributed by atoms with Crippen molar-refractivity contribution >= 4 is 0 Å². The molecule has 7 nitrogen and oxygen atoms in total. The van der Waals surface area contributed by atoms with Crippen molar-refractivity contribution in [3.63, 3.8) is 0 Å². The highest BCUT2D eigenvalue weighted by Gasteiger charge is 2.17. The summed E-state index contributed by atoms with van der Waals surface area (Å²) in [6.45, 7) is 0.621. The second-order valence-corrected chi connectivity index (χ2v) is 3.25. The monoisotopic (exact) mass is 222 g/mol. The van der Waals surface area contributed by atoms with Crippen LogP contribution >= 0.6 is 0 Å². The SMILES string of the molecule is N=c1on[n+](Cc2ccc3c(c2)OCO3)o1. The third kappa shape index (κ3) is 1.52. The zero-order valence-corrected chi connectivity index (χ0v) is 8.17. The second kappa shape index (κ2) is 3.37. The highest BCUT2D eigenvalue weighted by atomic mass is 16.7. The Balaban J connectivity index is 1.88. The first-order valence-corrected chi connectivity index (χ1v) is 4.62. The molecule has 3 rings (SSSR count). The first kappa shape index (κ1) is 8.96. The molecule has 0 saturated carbocycles. The van der Waals surface area contributed by atoms with Crippen molar-refractivity contribution in [2.45, 2.75) is 6.54 Å². The van der Waals surface area contributed by atoms with Crippen molar-refractivity contribution in [2.75, 3.05) is 6.79 Å². The molecular weight excluding hydrogens is 214 g/mol. The summed E-state index contributed by atoms with van der Waals surface area (Å²) in [4.78, 5) is 1.18. The average molecular weight is 222 g/mol. The molecular formula is C9H8N3O4+. The Morgan fingerprint density at radius 1 is 1.31 bits per heavy atom. The summed E-state index contributed by atoms with van der Waals surface area (Å²) in [7, 11) is 0. The van der Waals surface area contributed by atoms with E-state index in [2.05, 4.69) is 9.79 Å². The van der Waals surface area contributed by atoms with Crippen LogP contribution in [0.4, 0.5) is 0 Å². The topological polar surface area (TPSA) is 85.4 Å². The van der Waals surface area contributed by atoms with Crippen LogP contribution in [0.3, 0.4) is 0 Å². The molecule has 16 heavy (non-hydrogen) atoms. The molecule has 0 atom stereocenters. The maximum atomic E-state index is 7.04. The Morgan fingerprint density at radius 2 is 2.19 bits per heavy atom. The van der Waals surface area contributed by atoms with Gasteiger partial charge >= 0.3 is 5.75 Å². The number of hydrogen-bond acceptors (Lipinski definition) is 6. The summed E-state index contributed by atoms with van der Waals surface area (Å²) >= 11 is 0. The minimum absolute atomic E-state index is 0.247. The molecule has 0 radical (unpaired) electrons. The van der Waals surface area contributed by atoms with Crippen molar-refractivity contribution < 1.29 is 23.4 Å². The van der Waals surface area contributed by atoms with Crippen LogP contribution < -0.4 is 20.1 Å². The summed E-state index contributed by atoms with van der Waals surface area (Å²) in [6, 6.07) is 5.53. The lowest BCUT2D eigenvalue weighted by Crippen LogP contribution is -2.35. The number of fused-ring (bicyclic) bond motifs is 1. The van der Waals surface area contributed by atoms with Crippen LogP contribution in [0.2, 0.25) is 0 Å². The maximum Gasteiger partial charge on any atom is 0.485 e. The van der Waals surface area contributed by atoms with Crippen LogP contribution in [0, 0.1) is 5.41 Å². The van der Waals surface area contributed by atoms with Gasteiger partial charge in [0.1, 0.15) is 4.85 Å². The molecule has 1 aliphatic rings. The smallest absolute Gasteiger partial charge is 0.454 e. The zero-order chi connectivity index (χ0) is 11.0. The first-order chi connectivity index (χ1) is 7.81. The minimum Gasteiger partial charge on any atom is -0.454 e. The summed E-state index contributed by atoms with van der Waals surface area (Å²) in [5.41, 5.74) is 0.923. The molecule has 0 spiro atoms. The summed E-state index contributed by atoms with van der Waals surface area (Å²) in [5, 5.41) is 10.6. The Hall–Kier alpha value is -2.31. The molecule has 82 valence electrons. The van der Waals surface area contributed by atoms with E-state index in [4.69, 9.17) is 19.4 Å². The Bertz CT molecular complexity index is 574. The Morgan fingerprint density at radius 3 is 3.00 bits per heavy atom. The lowest BCUT2D eigenvalue weighted by Gasteiger charge is -1.95. The number of ether oxygens (including phenoxy) is 2. The predicted octanol–water partition coefficient (Wildman–Crippen LogP) is -0.188. The van der Waals surface area contributed by atoms with E-state index < -0.39 is 0 Å². The van der Waals surface area contributed by atoms with Gasteiger partial charge in [-0.15, -0.1) is 4.52 Å². The number of hydrogen-bond donors (Lipinski definition) is 1. The Kier molecular flexibility index (Phi) is 1.89. The van der Waals surface area contributed by atoms with Gasteiger partial charge in [0.05, 0.1) is 0 Å². The highest BCUT2D eigenvalue weighted by Crippen LogP contribution is 2.32. The van der Waals surface area contributed by atoms with Gasteiger partial charge in [-0.05, 0) is 18.2 Å². The summed E-state index contributed by atoms with van der Waals surface area (Å²) in [6.07, 6.45) is 0. The van der Waals surface area contributed by atoms with Crippen LogP contribution in [-0.2, 0) is 6.54 Å². The van der Waals surface area contributed by atoms with Crippen LogP contribution in [0.5, 0.6) is 11.5 Å². The number of nitrogens with one attached hydrogen (secondary N) is 1. The van der Waals surface area contributed by atoms with E-state index in [-0.39, 0.29) is 12.5 Å². The molecule has 0 amide bonds.